The van der Waals surface area contributed by atoms with Crippen LogP contribution >= 0.6 is 11.6 Å². The van der Waals surface area contributed by atoms with Gasteiger partial charge in [0.25, 0.3) is 11.8 Å². The smallest absolute Gasteiger partial charge is 0.353 e. The van der Waals surface area contributed by atoms with Crippen LogP contribution in [0.2, 0.25) is 5.02 Å². The van der Waals surface area contributed by atoms with E-state index in [1.54, 1.807) is 0 Å². The van der Waals surface area contributed by atoms with Gasteiger partial charge in [-0.25, -0.2) is 13.8 Å². The van der Waals surface area contributed by atoms with Gasteiger partial charge in [-0.15, -0.1) is 0 Å². The summed E-state index contributed by atoms with van der Waals surface area (Å²) in [7, 11) is 1.12. The van der Waals surface area contributed by atoms with Gasteiger partial charge >= 0.3 is 6.18 Å². The number of rotatable bonds is 9. The number of pyridine rings is 1. The molecule has 0 radical (unpaired) electrons. The molecule has 0 saturated heterocycles. The summed E-state index contributed by atoms with van der Waals surface area (Å²) in [6, 6.07) is -0.724. The number of amides is 3. The fraction of sp³-hybridized carbons (Fsp3) is 0.526. The van der Waals surface area contributed by atoms with Gasteiger partial charge in [0, 0.05) is 19.7 Å². The predicted molar refractivity (Wildman–Crippen MR) is 106 cm³/mol. The third-order valence-corrected chi connectivity index (χ3v) is 5.21. The second-order valence-corrected chi connectivity index (χ2v) is 8.10. The van der Waals surface area contributed by atoms with E-state index in [9.17, 15) is 41.1 Å². The van der Waals surface area contributed by atoms with E-state index in [1.165, 1.54) is 0 Å². The first-order valence-corrected chi connectivity index (χ1v) is 9.97. The first-order chi connectivity index (χ1) is 15.1. The summed E-state index contributed by atoms with van der Waals surface area (Å²) in [4.78, 5) is 52.6. The van der Waals surface area contributed by atoms with E-state index in [0.29, 0.717) is 6.92 Å². The first-order valence-electron chi connectivity index (χ1n) is 9.59. The average Bonchev–Trinajstić information content (AvgIpc) is 3.52. The molecule has 0 spiro atoms. The molecule has 2 rings (SSSR count). The average molecular weight is 499 g/mol. The molecule has 0 unspecified atom stereocenters. The number of Topliss-reactive ketones (excluding diaryl/α,β-unsaturated/α-hetero) is 1. The molecule has 182 valence electrons. The SMILES string of the molecule is CNC(=O)C(=O)[C@H](CCC(C)(F)F)NC(=O)c1cc(Cl)cnc1NC(=O)C1(C(F)(F)F)CC1. The molecule has 0 aliphatic heterocycles. The summed E-state index contributed by atoms with van der Waals surface area (Å²) in [5.74, 6) is -8.76. The van der Waals surface area contributed by atoms with E-state index in [2.05, 4.69) is 10.3 Å². The van der Waals surface area contributed by atoms with Gasteiger partial charge < -0.3 is 16.0 Å². The lowest BCUT2D eigenvalue weighted by molar-refractivity contribution is -0.189. The van der Waals surface area contributed by atoms with E-state index >= 15 is 0 Å². The lowest BCUT2D eigenvalue weighted by Gasteiger charge is -2.21. The number of ketones is 1. The van der Waals surface area contributed by atoms with Gasteiger partial charge in [-0.1, -0.05) is 11.6 Å². The summed E-state index contributed by atoms with van der Waals surface area (Å²) in [6.45, 7) is 0.582. The van der Waals surface area contributed by atoms with Crippen LogP contribution in [-0.4, -0.2) is 53.7 Å². The summed E-state index contributed by atoms with van der Waals surface area (Å²) < 4.78 is 66.2. The van der Waals surface area contributed by atoms with Crippen molar-refractivity contribution in [3.05, 3.63) is 22.8 Å². The van der Waals surface area contributed by atoms with E-state index in [-0.39, 0.29) is 5.02 Å². The maximum atomic E-state index is 13.3. The molecule has 1 saturated carbocycles. The highest BCUT2D eigenvalue weighted by Gasteiger charge is 2.68. The number of nitrogens with zero attached hydrogens (tertiary/aromatic N) is 1. The molecule has 0 aromatic carbocycles. The lowest BCUT2D eigenvalue weighted by Crippen LogP contribution is -2.47. The number of aromatic nitrogens is 1. The molecule has 14 heteroatoms. The Morgan fingerprint density at radius 1 is 1.18 bits per heavy atom. The largest absolute Gasteiger partial charge is 0.403 e. The Balaban J connectivity index is 2.29. The Bertz CT molecular complexity index is 960. The van der Waals surface area contributed by atoms with Gasteiger partial charge in [-0.3, -0.25) is 19.2 Å². The van der Waals surface area contributed by atoms with Crippen molar-refractivity contribution < 1.29 is 41.1 Å². The third-order valence-electron chi connectivity index (χ3n) is 5.00. The van der Waals surface area contributed by atoms with Crippen molar-refractivity contribution in [2.24, 2.45) is 5.41 Å². The van der Waals surface area contributed by atoms with Crippen LogP contribution < -0.4 is 16.0 Å². The summed E-state index contributed by atoms with van der Waals surface area (Å²) >= 11 is 5.80. The quantitative estimate of drug-likeness (QED) is 0.357. The van der Waals surface area contributed by atoms with Crippen LogP contribution in [0.4, 0.5) is 27.8 Å². The molecule has 1 aliphatic rings. The number of anilines is 1. The number of nitrogens with one attached hydrogen (secondary N) is 3. The summed E-state index contributed by atoms with van der Waals surface area (Å²) in [5.41, 5.74) is -3.13. The molecule has 1 aromatic heterocycles. The molecular weight excluding hydrogens is 479 g/mol. The summed E-state index contributed by atoms with van der Waals surface area (Å²) in [5, 5.41) is 5.92. The lowest BCUT2D eigenvalue weighted by atomic mass is 10.0. The highest BCUT2D eigenvalue weighted by atomic mass is 35.5. The van der Waals surface area contributed by atoms with Crippen molar-refractivity contribution >= 4 is 40.9 Å². The van der Waals surface area contributed by atoms with Crippen LogP contribution in [0.5, 0.6) is 0 Å². The minimum absolute atomic E-state index is 0.135. The molecular formula is C19H20ClF5N4O4. The van der Waals surface area contributed by atoms with E-state index < -0.39 is 84.1 Å². The first kappa shape index (κ1) is 26.4. The molecule has 1 aliphatic carbocycles. The standard InChI is InChI=1S/C19H20ClF5N4O4/c1-17(21,22)4-3-11(12(30)15(32)26-2)28-14(31)10-7-9(20)8-27-13(10)29-16(33)18(5-6-18)19(23,24)25/h7-8,11H,3-6H2,1-2H3,(H,26,32)(H,28,31)(H,27,29,33)/t11-/m0/s1. The Labute approximate surface area is 189 Å². The number of carbonyl (C=O) groups excluding carboxylic acids is 4. The Morgan fingerprint density at radius 3 is 2.27 bits per heavy atom. The highest BCUT2D eigenvalue weighted by molar-refractivity contribution is 6.38. The van der Waals surface area contributed by atoms with Crippen molar-refractivity contribution in [3.8, 4) is 0 Å². The molecule has 1 fully saturated rings. The maximum absolute atomic E-state index is 13.3. The number of likely N-dealkylation sites (N-methyl/N-ethyl adjacent to an activating group) is 1. The number of alkyl halides is 5. The van der Waals surface area contributed by atoms with Crippen molar-refractivity contribution in [2.45, 2.75) is 50.7 Å². The normalized spacial score (nSPS) is 15.9. The minimum atomic E-state index is -4.82. The van der Waals surface area contributed by atoms with Crippen LogP contribution in [0.3, 0.4) is 0 Å². The van der Waals surface area contributed by atoms with Gasteiger partial charge in [0.15, 0.2) is 0 Å². The van der Waals surface area contributed by atoms with Crippen LogP contribution in [0.1, 0.15) is 43.0 Å². The molecule has 33 heavy (non-hydrogen) atoms. The summed E-state index contributed by atoms with van der Waals surface area (Å²) in [6.07, 6.45) is -6.20. The second-order valence-electron chi connectivity index (χ2n) is 7.66. The van der Waals surface area contributed by atoms with Crippen LogP contribution in [0.25, 0.3) is 0 Å². The fourth-order valence-corrected chi connectivity index (χ4v) is 3.05. The van der Waals surface area contributed by atoms with Gasteiger partial charge in [0.1, 0.15) is 11.2 Å². The number of halogens is 6. The zero-order valence-corrected chi connectivity index (χ0v) is 18.2. The fourth-order valence-electron chi connectivity index (χ4n) is 2.89. The number of hydrogen-bond donors (Lipinski definition) is 3. The van der Waals surface area contributed by atoms with E-state index in [4.69, 9.17) is 11.6 Å². The van der Waals surface area contributed by atoms with Gasteiger partial charge in [-0.2, -0.15) is 13.2 Å². The molecule has 1 heterocycles. The van der Waals surface area contributed by atoms with Gasteiger partial charge in [-0.05, 0) is 32.3 Å². The second kappa shape index (κ2) is 9.57. The van der Waals surface area contributed by atoms with Crippen molar-refractivity contribution in [3.63, 3.8) is 0 Å². The van der Waals surface area contributed by atoms with E-state index in [1.807, 2.05) is 10.6 Å². The van der Waals surface area contributed by atoms with Gasteiger partial charge in [0.2, 0.25) is 17.6 Å². The minimum Gasteiger partial charge on any atom is -0.353 e. The third kappa shape index (κ3) is 6.36. The molecule has 1 aromatic rings. The van der Waals surface area contributed by atoms with Crippen molar-refractivity contribution in [1.82, 2.24) is 15.6 Å². The highest BCUT2D eigenvalue weighted by Crippen LogP contribution is 2.58. The topological polar surface area (TPSA) is 117 Å². The zero-order valence-electron chi connectivity index (χ0n) is 17.4. The molecule has 0 bridgehead atoms. The molecule has 1 atom stereocenters. The van der Waals surface area contributed by atoms with Gasteiger partial charge in [0.05, 0.1) is 16.6 Å². The zero-order chi connectivity index (χ0) is 25.2. The Kier molecular flexibility index (Phi) is 7.67. The molecule has 3 N–H and O–H groups in total. The van der Waals surface area contributed by atoms with Crippen molar-refractivity contribution in [1.29, 1.82) is 0 Å². The Hall–Kier alpha value is -2.83. The predicted octanol–water partition coefficient (Wildman–Crippen LogP) is 2.86. The van der Waals surface area contributed by atoms with Crippen molar-refractivity contribution in [2.75, 3.05) is 12.4 Å². The molecule has 3 amide bonds. The monoisotopic (exact) mass is 498 g/mol. The maximum Gasteiger partial charge on any atom is 0.403 e. The van der Waals surface area contributed by atoms with E-state index in [0.717, 1.165) is 19.3 Å². The Morgan fingerprint density at radius 2 is 1.79 bits per heavy atom. The molecule has 8 nitrogen and oxygen atoms in total. The van der Waals surface area contributed by atoms with Crippen LogP contribution in [0, 0.1) is 5.41 Å². The number of carbonyl (C=O) groups is 4. The number of hydrogen-bond acceptors (Lipinski definition) is 5. The van der Waals surface area contributed by atoms with Crippen LogP contribution in [-0.2, 0) is 14.4 Å². The van der Waals surface area contributed by atoms with Crippen LogP contribution in [0.15, 0.2) is 12.3 Å².